The molecule has 50 valence electrons. The standard InChI is InChI=1S/C8H12O/c1-6-3-4-7(2)8(9)5-6/h5,9H,3-4H2,1-2H3. The second-order valence-corrected chi connectivity index (χ2v) is 2.66. The van der Waals surface area contributed by atoms with Crippen molar-refractivity contribution in [3.63, 3.8) is 0 Å². The molecule has 0 saturated heterocycles. The molecule has 0 amide bonds. The van der Waals surface area contributed by atoms with Crippen LogP contribution in [0.3, 0.4) is 0 Å². The molecule has 0 aromatic rings. The summed E-state index contributed by atoms with van der Waals surface area (Å²) in [6, 6.07) is 0. The number of rotatable bonds is 0. The summed E-state index contributed by atoms with van der Waals surface area (Å²) in [5, 5.41) is 9.15. The Morgan fingerprint density at radius 1 is 1.33 bits per heavy atom. The highest BCUT2D eigenvalue weighted by Crippen LogP contribution is 2.20. The van der Waals surface area contributed by atoms with E-state index in [1.807, 2.05) is 19.9 Å². The van der Waals surface area contributed by atoms with Gasteiger partial charge in [0.05, 0.1) is 0 Å². The van der Waals surface area contributed by atoms with Crippen LogP contribution in [0.2, 0.25) is 0 Å². The number of hydrogen-bond donors (Lipinski definition) is 1. The van der Waals surface area contributed by atoms with Crippen LogP contribution in [-0.4, -0.2) is 5.11 Å². The maximum absolute atomic E-state index is 9.15. The van der Waals surface area contributed by atoms with Gasteiger partial charge in [0.2, 0.25) is 0 Å². The Hall–Kier alpha value is -0.720. The van der Waals surface area contributed by atoms with Crippen molar-refractivity contribution in [2.24, 2.45) is 0 Å². The van der Waals surface area contributed by atoms with Crippen LogP contribution in [0.4, 0.5) is 0 Å². The van der Waals surface area contributed by atoms with Gasteiger partial charge in [-0.05, 0) is 38.3 Å². The van der Waals surface area contributed by atoms with Gasteiger partial charge in [-0.25, -0.2) is 0 Å². The smallest absolute Gasteiger partial charge is 0.114 e. The SMILES string of the molecule is CC1=CC(O)=C(C)CC1. The Balaban J connectivity index is 2.83. The molecule has 0 aliphatic heterocycles. The molecule has 1 aliphatic carbocycles. The molecule has 1 aliphatic rings. The highest BCUT2D eigenvalue weighted by Gasteiger charge is 2.04. The van der Waals surface area contributed by atoms with Gasteiger partial charge >= 0.3 is 0 Å². The van der Waals surface area contributed by atoms with Crippen LogP contribution in [0.15, 0.2) is 23.0 Å². The van der Waals surface area contributed by atoms with Crippen molar-refractivity contribution in [1.82, 2.24) is 0 Å². The van der Waals surface area contributed by atoms with E-state index < -0.39 is 0 Å². The first-order chi connectivity index (χ1) is 4.20. The first-order valence-electron chi connectivity index (χ1n) is 3.26. The fourth-order valence-corrected chi connectivity index (χ4v) is 0.942. The lowest BCUT2D eigenvalue weighted by molar-refractivity contribution is 0.418. The van der Waals surface area contributed by atoms with Gasteiger partial charge in [0.1, 0.15) is 5.76 Å². The lowest BCUT2D eigenvalue weighted by atomic mass is 10.00. The van der Waals surface area contributed by atoms with E-state index in [1.165, 1.54) is 5.57 Å². The van der Waals surface area contributed by atoms with E-state index >= 15 is 0 Å². The Kier molecular flexibility index (Phi) is 1.60. The van der Waals surface area contributed by atoms with Crippen molar-refractivity contribution in [2.45, 2.75) is 26.7 Å². The fourth-order valence-electron chi connectivity index (χ4n) is 0.942. The van der Waals surface area contributed by atoms with E-state index in [1.54, 1.807) is 0 Å². The third-order valence-corrected chi connectivity index (χ3v) is 1.71. The van der Waals surface area contributed by atoms with Crippen LogP contribution < -0.4 is 0 Å². The van der Waals surface area contributed by atoms with Crippen LogP contribution >= 0.6 is 0 Å². The lowest BCUT2D eigenvalue weighted by Gasteiger charge is -2.09. The molecule has 0 atom stereocenters. The van der Waals surface area contributed by atoms with Gasteiger partial charge in [0.15, 0.2) is 0 Å². The van der Waals surface area contributed by atoms with Crippen molar-refractivity contribution >= 4 is 0 Å². The number of aliphatic hydroxyl groups excluding tert-OH is 1. The second-order valence-electron chi connectivity index (χ2n) is 2.66. The molecular weight excluding hydrogens is 112 g/mol. The maximum Gasteiger partial charge on any atom is 0.114 e. The molecule has 1 rings (SSSR count). The van der Waals surface area contributed by atoms with E-state index in [0.29, 0.717) is 5.76 Å². The lowest BCUT2D eigenvalue weighted by Crippen LogP contribution is -1.93. The van der Waals surface area contributed by atoms with Crippen LogP contribution in [-0.2, 0) is 0 Å². The molecule has 0 aromatic heterocycles. The molecule has 9 heavy (non-hydrogen) atoms. The molecule has 0 unspecified atom stereocenters. The minimum absolute atomic E-state index is 0.471. The van der Waals surface area contributed by atoms with E-state index in [4.69, 9.17) is 5.11 Å². The molecule has 1 nitrogen and oxygen atoms in total. The minimum atomic E-state index is 0.471. The fraction of sp³-hybridized carbons (Fsp3) is 0.500. The molecule has 0 spiro atoms. The van der Waals surface area contributed by atoms with Gasteiger partial charge in [-0.3, -0.25) is 0 Å². The van der Waals surface area contributed by atoms with Gasteiger partial charge in [0, 0.05) is 0 Å². The topological polar surface area (TPSA) is 20.2 Å². The highest BCUT2D eigenvalue weighted by atomic mass is 16.3. The van der Waals surface area contributed by atoms with Gasteiger partial charge in [-0.1, -0.05) is 5.57 Å². The molecule has 0 saturated carbocycles. The molecule has 1 N–H and O–H groups in total. The van der Waals surface area contributed by atoms with Crippen LogP contribution in [0.1, 0.15) is 26.7 Å². The van der Waals surface area contributed by atoms with Gasteiger partial charge in [-0.2, -0.15) is 0 Å². The van der Waals surface area contributed by atoms with Crippen molar-refractivity contribution in [1.29, 1.82) is 0 Å². The first-order valence-corrected chi connectivity index (χ1v) is 3.26. The minimum Gasteiger partial charge on any atom is -0.508 e. The normalized spacial score (nSPS) is 20.0. The predicted octanol–water partition coefficient (Wildman–Crippen LogP) is 2.56. The summed E-state index contributed by atoms with van der Waals surface area (Å²) in [6.45, 7) is 4.01. The predicted molar refractivity (Wildman–Crippen MR) is 38.3 cm³/mol. The molecule has 0 heterocycles. The van der Waals surface area contributed by atoms with Crippen molar-refractivity contribution in [3.8, 4) is 0 Å². The molecule has 0 fully saturated rings. The molecule has 0 radical (unpaired) electrons. The summed E-state index contributed by atoms with van der Waals surface area (Å²) in [5.74, 6) is 0.471. The van der Waals surface area contributed by atoms with Crippen molar-refractivity contribution in [2.75, 3.05) is 0 Å². The Bertz CT molecular complexity index is 175. The number of hydrogen-bond acceptors (Lipinski definition) is 1. The van der Waals surface area contributed by atoms with E-state index in [9.17, 15) is 0 Å². The number of aliphatic hydroxyl groups is 1. The monoisotopic (exact) mass is 124 g/mol. The zero-order valence-corrected chi connectivity index (χ0v) is 5.94. The van der Waals surface area contributed by atoms with E-state index in [2.05, 4.69) is 0 Å². The molecular formula is C8H12O. The summed E-state index contributed by atoms with van der Waals surface area (Å²) in [7, 11) is 0. The van der Waals surface area contributed by atoms with Gasteiger partial charge < -0.3 is 5.11 Å². The average Bonchev–Trinajstić information content (AvgIpc) is 1.80. The second kappa shape index (κ2) is 2.26. The summed E-state index contributed by atoms with van der Waals surface area (Å²) in [6.07, 6.45) is 3.98. The van der Waals surface area contributed by atoms with Crippen LogP contribution in [0.25, 0.3) is 0 Å². The summed E-state index contributed by atoms with van der Waals surface area (Å²) >= 11 is 0. The third-order valence-electron chi connectivity index (χ3n) is 1.71. The van der Waals surface area contributed by atoms with Crippen molar-refractivity contribution < 1.29 is 5.11 Å². The molecule has 0 bridgehead atoms. The van der Waals surface area contributed by atoms with Gasteiger partial charge in [0.25, 0.3) is 0 Å². The Labute approximate surface area is 55.7 Å². The highest BCUT2D eigenvalue weighted by molar-refractivity contribution is 5.26. The zero-order valence-electron chi connectivity index (χ0n) is 5.94. The average molecular weight is 124 g/mol. The largest absolute Gasteiger partial charge is 0.508 e. The Morgan fingerprint density at radius 2 is 2.00 bits per heavy atom. The summed E-state index contributed by atoms with van der Waals surface area (Å²) < 4.78 is 0. The van der Waals surface area contributed by atoms with E-state index in [0.717, 1.165) is 18.4 Å². The van der Waals surface area contributed by atoms with Crippen molar-refractivity contribution in [3.05, 3.63) is 23.0 Å². The third kappa shape index (κ3) is 1.35. The first kappa shape index (κ1) is 6.40. The summed E-state index contributed by atoms with van der Waals surface area (Å²) in [4.78, 5) is 0. The zero-order chi connectivity index (χ0) is 6.85. The molecule has 1 heteroatoms. The van der Waals surface area contributed by atoms with Crippen LogP contribution in [0, 0.1) is 0 Å². The number of allylic oxidation sites excluding steroid dienone is 3. The summed E-state index contributed by atoms with van der Waals surface area (Å²) in [5.41, 5.74) is 2.39. The maximum atomic E-state index is 9.15. The quantitative estimate of drug-likeness (QED) is 0.526. The molecule has 0 aromatic carbocycles. The Morgan fingerprint density at radius 3 is 2.44 bits per heavy atom. The van der Waals surface area contributed by atoms with E-state index in [-0.39, 0.29) is 0 Å². The van der Waals surface area contributed by atoms with Gasteiger partial charge in [-0.15, -0.1) is 0 Å². The van der Waals surface area contributed by atoms with Crippen LogP contribution in [0.5, 0.6) is 0 Å².